The van der Waals surface area contributed by atoms with Crippen molar-refractivity contribution in [2.45, 2.75) is 19.6 Å². The molecule has 35 heavy (non-hydrogen) atoms. The molecule has 0 atom stereocenters. The molecule has 0 bridgehead atoms. The number of aromatic nitrogens is 2. The Morgan fingerprint density at radius 1 is 0.514 bits per heavy atom. The van der Waals surface area contributed by atoms with Crippen molar-refractivity contribution in [2.75, 3.05) is 0 Å². The van der Waals surface area contributed by atoms with E-state index in [1.165, 1.54) is 5.56 Å². The Balaban J connectivity index is 1.41. The largest absolute Gasteiger partial charge is 0.508 e. The molecule has 5 aromatic rings. The Bertz CT molecular complexity index is 1390. The molecule has 0 fully saturated rings. The van der Waals surface area contributed by atoms with E-state index in [2.05, 4.69) is 65.6 Å². The van der Waals surface area contributed by atoms with E-state index in [9.17, 15) is 5.11 Å². The highest BCUT2D eigenvalue weighted by atomic mass is 16.3. The van der Waals surface area contributed by atoms with Crippen LogP contribution >= 0.6 is 0 Å². The maximum absolute atomic E-state index is 9.88. The van der Waals surface area contributed by atoms with Gasteiger partial charge in [-0.15, -0.1) is 0 Å². The smallest absolute Gasteiger partial charge is 0.116 e. The van der Waals surface area contributed by atoms with Gasteiger partial charge in [-0.2, -0.15) is 0 Å². The van der Waals surface area contributed by atoms with Crippen LogP contribution in [-0.2, 0) is 19.6 Å². The Morgan fingerprint density at radius 3 is 1.69 bits per heavy atom. The van der Waals surface area contributed by atoms with Gasteiger partial charge in [0.05, 0.1) is 22.8 Å². The third kappa shape index (κ3) is 5.99. The SMILES string of the molecule is Oc1cccc(-c2cccc(CN(Cc3ccccc3)Cc3cccc(-c4ccccc4)n3)n2)c1. The number of hydrogen-bond acceptors (Lipinski definition) is 4. The zero-order valence-corrected chi connectivity index (χ0v) is 19.5. The number of nitrogens with zero attached hydrogens (tertiary/aromatic N) is 3. The summed E-state index contributed by atoms with van der Waals surface area (Å²) in [4.78, 5) is 12.2. The average molecular weight is 458 g/mol. The van der Waals surface area contributed by atoms with Gasteiger partial charge in [0.15, 0.2) is 0 Å². The highest BCUT2D eigenvalue weighted by molar-refractivity contribution is 5.61. The lowest BCUT2D eigenvalue weighted by molar-refractivity contribution is 0.242. The number of benzene rings is 3. The Hall–Kier alpha value is -4.28. The molecule has 2 aromatic heterocycles. The van der Waals surface area contributed by atoms with E-state index in [0.717, 1.165) is 40.4 Å². The van der Waals surface area contributed by atoms with Crippen LogP contribution in [0.3, 0.4) is 0 Å². The van der Waals surface area contributed by atoms with Crippen LogP contribution in [0.4, 0.5) is 0 Å². The van der Waals surface area contributed by atoms with Crippen LogP contribution in [0.15, 0.2) is 121 Å². The minimum atomic E-state index is 0.241. The van der Waals surface area contributed by atoms with E-state index < -0.39 is 0 Å². The Kier molecular flexibility index (Phi) is 6.92. The maximum Gasteiger partial charge on any atom is 0.116 e. The third-order valence-corrected chi connectivity index (χ3v) is 5.85. The van der Waals surface area contributed by atoms with Crippen LogP contribution in [0.2, 0.25) is 0 Å². The van der Waals surface area contributed by atoms with Crippen molar-refractivity contribution in [3.05, 3.63) is 138 Å². The van der Waals surface area contributed by atoms with Crippen molar-refractivity contribution in [3.63, 3.8) is 0 Å². The van der Waals surface area contributed by atoms with Crippen molar-refractivity contribution >= 4 is 0 Å². The summed E-state index contributed by atoms with van der Waals surface area (Å²) >= 11 is 0. The lowest BCUT2D eigenvalue weighted by Gasteiger charge is -2.22. The van der Waals surface area contributed by atoms with Crippen molar-refractivity contribution in [3.8, 4) is 28.3 Å². The maximum atomic E-state index is 9.88. The van der Waals surface area contributed by atoms with Crippen LogP contribution in [0.1, 0.15) is 17.0 Å². The van der Waals surface area contributed by atoms with Gasteiger partial charge < -0.3 is 5.11 Å². The first-order valence-electron chi connectivity index (χ1n) is 11.8. The lowest BCUT2D eigenvalue weighted by atomic mass is 10.1. The van der Waals surface area contributed by atoms with Crippen molar-refractivity contribution in [1.29, 1.82) is 0 Å². The van der Waals surface area contributed by atoms with Gasteiger partial charge >= 0.3 is 0 Å². The van der Waals surface area contributed by atoms with E-state index in [1.54, 1.807) is 12.1 Å². The number of rotatable bonds is 8. The van der Waals surface area contributed by atoms with Gasteiger partial charge in [-0.05, 0) is 42.0 Å². The quantitative estimate of drug-likeness (QED) is 0.281. The van der Waals surface area contributed by atoms with Gasteiger partial charge in [0.1, 0.15) is 5.75 Å². The number of phenols is 1. The minimum absolute atomic E-state index is 0.241. The summed E-state index contributed by atoms with van der Waals surface area (Å²) in [6.07, 6.45) is 0. The highest BCUT2D eigenvalue weighted by Gasteiger charge is 2.12. The molecule has 2 heterocycles. The number of aromatic hydroxyl groups is 1. The van der Waals surface area contributed by atoms with E-state index in [0.29, 0.717) is 13.1 Å². The van der Waals surface area contributed by atoms with Gasteiger partial charge in [-0.25, -0.2) is 0 Å². The standard InChI is InChI=1S/C31H27N3O/c35-29-17-7-14-26(20-29)31-19-9-16-28(33-31)23-34(21-24-10-3-1-4-11-24)22-27-15-8-18-30(32-27)25-12-5-2-6-13-25/h1-20,35H,21-23H2. The second-order valence-electron chi connectivity index (χ2n) is 8.58. The molecule has 0 aliphatic heterocycles. The molecule has 4 nitrogen and oxygen atoms in total. The van der Waals surface area contributed by atoms with Crippen molar-refractivity contribution in [2.24, 2.45) is 0 Å². The fourth-order valence-electron chi connectivity index (χ4n) is 4.20. The summed E-state index contributed by atoms with van der Waals surface area (Å²) < 4.78 is 0. The van der Waals surface area contributed by atoms with Gasteiger partial charge in [0.25, 0.3) is 0 Å². The summed E-state index contributed by atoms with van der Waals surface area (Å²) in [6.45, 7) is 2.17. The first-order chi connectivity index (χ1) is 17.2. The van der Waals surface area contributed by atoms with E-state index in [1.807, 2.05) is 48.5 Å². The van der Waals surface area contributed by atoms with Gasteiger partial charge in [-0.3, -0.25) is 14.9 Å². The van der Waals surface area contributed by atoms with E-state index >= 15 is 0 Å². The molecule has 0 unspecified atom stereocenters. The van der Waals surface area contributed by atoms with Crippen LogP contribution in [0, 0.1) is 0 Å². The zero-order chi connectivity index (χ0) is 23.9. The minimum Gasteiger partial charge on any atom is -0.508 e. The molecule has 3 aromatic carbocycles. The van der Waals surface area contributed by atoms with Crippen molar-refractivity contribution in [1.82, 2.24) is 14.9 Å². The predicted octanol–water partition coefficient (Wildman–Crippen LogP) is 6.72. The molecular formula is C31H27N3O. The van der Waals surface area contributed by atoms with E-state index in [-0.39, 0.29) is 5.75 Å². The molecule has 0 saturated heterocycles. The first kappa shape index (κ1) is 22.5. The summed E-state index contributed by atoms with van der Waals surface area (Å²) in [7, 11) is 0. The van der Waals surface area contributed by atoms with Crippen LogP contribution in [0.25, 0.3) is 22.5 Å². The van der Waals surface area contributed by atoms with Gasteiger partial charge in [-0.1, -0.05) is 84.9 Å². The lowest BCUT2D eigenvalue weighted by Crippen LogP contribution is -2.23. The highest BCUT2D eigenvalue weighted by Crippen LogP contribution is 2.23. The number of phenolic OH excluding ortho intramolecular Hbond substituents is 1. The van der Waals surface area contributed by atoms with Gasteiger partial charge in [0.2, 0.25) is 0 Å². The first-order valence-corrected chi connectivity index (χ1v) is 11.8. The molecule has 172 valence electrons. The normalized spacial score (nSPS) is 11.0. The average Bonchev–Trinajstić information content (AvgIpc) is 2.90. The second-order valence-corrected chi connectivity index (χ2v) is 8.58. The fraction of sp³-hybridized carbons (Fsp3) is 0.0968. The summed E-state index contributed by atoms with van der Waals surface area (Å²) in [6, 6.07) is 40.2. The topological polar surface area (TPSA) is 49.2 Å². The number of pyridine rings is 2. The molecule has 0 aliphatic rings. The molecule has 5 rings (SSSR count). The van der Waals surface area contributed by atoms with Crippen LogP contribution < -0.4 is 0 Å². The van der Waals surface area contributed by atoms with E-state index in [4.69, 9.17) is 9.97 Å². The molecule has 4 heteroatoms. The van der Waals surface area contributed by atoms with Crippen molar-refractivity contribution < 1.29 is 5.11 Å². The summed E-state index contributed by atoms with van der Waals surface area (Å²) in [5, 5.41) is 9.88. The summed E-state index contributed by atoms with van der Waals surface area (Å²) in [5.41, 5.74) is 7.08. The monoisotopic (exact) mass is 457 g/mol. The fourth-order valence-corrected chi connectivity index (χ4v) is 4.20. The molecule has 0 saturated carbocycles. The number of hydrogen-bond donors (Lipinski definition) is 1. The molecule has 1 N–H and O–H groups in total. The molecule has 0 aliphatic carbocycles. The molecule has 0 amide bonds. The van der Waals surface area contributed by atoms with Gasteiger partial charge in [0, 0.05) is 30.8 Å². The zero-order valence-electron chi connectivity index (χ0n) is 19.5. The van der Waals surface area contributed by atoms with Crippen LogP contribution in [-0.4, -0.2) is 20.0 Å². The Morgan fingerprint density at radius 2 is 1.06 bits per heavy atom. The van der Waals surface area contributed by atoms with Crippen LogP contribution in [0.5, 0.6) is 5.75 Å². The molecule has 0 radical (unpaired) electrons. The third-order valence-electron chi connectivity index (χ3n) is 5.85. The Labute approximate surface area is 206 Å². The predicted molar refractivity (Wildman–Crippen MR) is 140 cm³/mol. The molecule has 0 spiro atoms. The molecular weight excluding hydrogens is 430 g/mol. The second kappa shape index (κ2) is 10.8. The summed E-state index contributed by atoms with van der Waals surface area (Å²) in [5.74, 6) is 0.241.